The first-order valence-electron chi connectivity index (χ1n) is 8.66. The zero-order valence-electron chi connectivity index (χ0n) is 14.1. The van der Waals surface area contributed by atoms with Crippen molar-refractivity contribution in [2.75, 3.05) is 31.1 Å². The van der Waals surface area contributed by atoms with Crippen LogP contribution in [0.5, 0.6) is 0 Å². The molecule has 2 saturated heterocycles. The van der Waals surface area contributed by atoms with Crippen molar-refractivity contribution in [3.8, 4) is 0 Å². The van der Waals surface area contributed by atoms with E-state index in [9.17, 15) is 17.2 Å². The second-order valence-corrected chi connectivity index (χ2v) is 9.80. The van der Waals surface area contributed by atoms with Gasteiger partial charge in [-0.25, -0.2) is 21.9 Å². The molecule has 2 aliphatic rings. The maximum atomic E-state index is 13.6. The van der Waals surface area contributed by atoms with Gasteiger partial charge in [-0.15, -0.1) is 0 Å². The van der Waals surface area contributed by atoms with Crippen LogP contribution in [-0.4, -0.2) is 50.5 Å². The van der Waals surface area contributed by atoms with Crippen LogP contribution in [0.1, 0.15) is 24.8 Å². The Kier molecular flexibility index (Phi) is 6.35. The van der Waals surface area contributed by atoms with E-state index in [0.29, 0.717) is 18.5 Å². The second kappa shape index (κ2) is 8.33. The first-order chi connectivity index (χ1) is 11.9. The molecule has 4 nitrogen and oxygen atoms in total. The lowest BCUT2D eigenvalue weighted by Gasteiger charge is -2.35. The van der Waals surface area contributed by atoms with Crippen LogP contribution in [0.2, 0.25) is 0 Å². The SMILES string of the molecule is O=S(=O)(Cc1cc(F)ccc1F)NCC1CCN([C@@H]2CCSC2)CC1. The number of nitrogens with one attached hydrogen (secondary N) is 1. The lowest BCUT2D eigenvalue weighted by atomic mass is 9.96. The van der Waals surface area contributed by atoms with Gasteiger partial charge in [0, 0.05) is 23.9 Å². The highest BCUT2D eigenvalue weighted by Gasteiger charge is 2.28. The number of hydrogen-bond donors (Lipinski definition) is 1. The van der Waals surface area contributed by atoms with Crippen molar-refractivity contribution in [1.82, 2.24) is 9.62 Å². The van der Waals surface area contributed by atoms with Gasteiger partial charge < -0.3 is 0 Å². The normalized spacial score (nSPS) is 23.2. The zero-order valence-corrected chi connectivity index (χ0v) is 15.7. The number of thioether (sulfide) groups is 1. The van der Waals surface area contributed by atoms with Gasteiger partial charge in [0.2, 0.25) is 10.0 Å². The summed E-state index contributed by atoms with van der Waals surface area (Å²) in [7, 11) is -3.68. The maximum absolute atomic E-state index is 13.6. The molecule has 0 aliphatic carbocycles. The summed E-state index contributed by atoms with van der Waals surface area (Å²) in [6, 6.07) is 3.55. The highest BCUT2D eigenvalue weighted by atomic mass is 32.2. The first kappa shape index (κ1) is 19.1. The third-order valence-electron chi connectivity index (χ3n) is 5.02. The maximum Gasteiger partial charge on any atom is 0.215 e. The van der Waals surface area contributed by atoms with Gasteiger partial charge in [0.1, 0.15) is 11.6 Å². The molecule has 3 rings (SSSR count). The highest BCUT2D eigenvalue weighted by molar-refractivity contribution is 7.99. The molecule has 0 bridgehead atoms. The van der Waals surface area contributed by atoms with Gasteiger partial charge >= 0.3 is 0 Å². The van der Waals surface area contributed by atoms with Crippen molar-refractivity contribution in [3.05, 3.63) is 35.4 Å². The van der Waals surface area contributed by atoms with Crippen LogP contribution in [0.4, 0.5) is 8.78 Å². The summed E-state index contributed by atoms with van der Waals surface area (Å²) in [4.78, 5) is 2.52. The number of rotatable bonds is 6. The van der Waals surface area contributed by atoms with Crippen molar-refractivity contribution >= 4 is 21.8 Å². The third kappa shape index (κ3) is 5.39. The van der Waals surface area contributed by atoms with Crippen LogP contribution in [0, 0.1) is 17.6 Å². The number of nitrogens with zero attached hydrogens (tertiary/aromatic N) is 1. The fraction of sp³-hybridized carbons (Fsp3) is 0.647. The Labute approximate surface area is 152 Å². The topological polar surface area (TPSA) is 49.4 Å². The molecule has 0 saturated carbocycles. The van der Waals surface area contributed by atoms with Gasteiger partial charge in [-0.3, -0.25) is 4.90 Å². The minimum atomic E-state index is -3.68. The quantitative estimate of drug-likeness (QED) is 0.811. The molecule has 0 aromatic heterocycles. The lowest BCUT2D eigenvalue weighted by molar-refractivity contribution is 0.145. The van der Waals surface area contributed by atoms with Crippen LogP contribution in [0.25, 0.3) is 0 Å². The number of hydrogen-bond acceptors (Lipinski definition) is 4. The smallest absolute Gasteiger partial charge is 0.215 e. The Morgan fingerprint density at radius 2 is 1.96 bits per heavy atom. The number of piperidine rings is 1. The van der Waals surface area contributed by atoms with Crippen LogP contribution in [0.3, 0.4) is 0 Å². The van der Waals surface area contributed by atoms with E-state index in [1.54, 1.807) is 0 Å². The molecule has 1 aromatic carbocycles. The molecular formula is C17H24F2N2O2S2. The van der Waals surface area contributed by atoms with Crippen molar-refractivity contribution < 1.29 is 17.2 Å². The largest absolute Gasteiger partial charge is 0.300 e. The third-order valence-corrected chi connectivity index (χ3v) is 7.46. The second-order valence-electron chi connectivity index (χ2n) is 6.84. The van der Waals surface area contributed by atoms with E-state index in [1.165, 1.54) is 17.9 Å². The predicted molar refractivity (Wildman–Crippen MR) is 97.0 cm³/mol. The van der Waals surface area contributed by atoms with Gasteiger partial charge in [-0.1, -0.05) is 0 Å². The summed E-state index contributed by atoms with van der Waals surface area (Å²) in [5, 5.41) is 0. The molecule has 1 N–H and O–H groups in total. The molecule has 1 aromatic rings. The monoisotopic (exact) mass is 390 g/mol. The van der Waals surface area contributed by atoms with E-state index in [2.05, 4.69) is 9.62 Å². The molecule has 1 atom stereocenters. The minimum absolute atomic E-state index is 0.138. The van der Waals surface area contributed by atoms with E-state index in [1.807, 2.05) is 11.8 Å². The van der Waals surface area contributed by atoms with Crippen molar-refractivity contribution in [1.29, 1.82) is 0 Å². The summed E-state index contributed by atoms with van der Waals surface area (Å²) < 4.78 is 53.7. The van der Waals surface area contributed by atoms with Gasteiger partial charge in [-0.2, -0.15) is 11.8 Å². The lowest BCUT2D eigenvalue weighted by Crippen LogP contribution is -2.43. The molecule has 0 unspecified atom stereocenters. The molecule has 0 amide bonds. The highest BCUT2D eigenvalue weighted by Crippen LogP contribution is 2.26. The number of likely N-dealkylation sites (tertiary alicyclic amines) is 1. The van der Waals surface area contributed by atoms with Gasteiger partial charge in [0.05, 0.1) is 5.75 Å². The van der Waals surface area contributed by atoms with Crippen LogP contribution in [-0.2, 0) is 15.8 Å². The molecule has 0 radical (unpaired) electrons. The Balaban J connectivity index is 1.47. The van der Waals surface area contributed by atoms with Crippen LogP contribution < -0.4 is 4.72 Å². The van der Waals surface area contributed by atoms with E-state index in [4.69, 9.17) is 0 Å². The fourth-order valence-electron chi connectivity index (χ4n) is 3.49. The molecule has 2 fully saturated rings. The van der Waals surface area contributed by atoms with E-state index in [-0.39, 0.29) is 5.56 Å². The van der Waals surface area contributed by atoms with Crippen molar-refractivity contribution in [2.45, 2.75) is 31.1 Å². The summed E-state index contributed by atoms with van der Waals surface area (Å²) in [5.41, 5.74) is -0.138. The average Bonchev–Trinajstić information content (AvgIpc) is 3.11. The standard InChI is InChI=1S/C17H24F2N2O2S2/c18-15-1-2-17(19)14(9-15)12-25(22,23)20-10-13-3-6-21(7-4-13)16-5-8-24-11-16/h1-2,9,13,16,20H,3-8,10-12H2/t16-/m1/s1. The fourth-order valence-corrected chi connectivity index (χ4v) is 5.96. The van der Waals surface area contributed by atoms with Crippen molar-refractivity contribution in [2.24, 2.45) is 5.92 Å². The Morgan fingerprint density at radius 1 is 1.20 bits per heavy atom. The Hall–Kier alpha value is -0.700. The van der Waals surface area contributed by atoms with Crippen molar-refractivity contribution in [3.63, 3.8) is 0 Å². The molecule has 8 heteroatoms. The molecule has 0 spiro atoms. The van der Waals surface area contributed by atoms with Crippen LogP contribution in [0.15, 0.2) is 18.2 Å². The van der Waals surface area contributed by atoms with Gasteiger partial charge in [0.25, 0.3) is 0 Å². The summed E-state index contributed by atoms with van der Waals surface area (Å²) in [6.07, 6.45) is 3.19. The summed E-state index contributed by atoms with van der Waals surface area (Å²) in [5.74, 6) is 0.878. The van der Waals surface area contributed by atoms with Gasteiger partial charge in [-0.05, 0) is 62.2 Å². The van der Waals surface area contributed by atoms with Crippen LogP contribution >= 0.6 is 11.8 Å². The summed E-state index contributed by atoms with van der Waals surface area (Å²) in [6.45, 7) is 2.39. The van der Waals surface area contributed by atoms with E-state index in [0.717, 1.165) is 44.1 Å². The summed E-state index contributed by atoms with van der Waals surface area (Å²) >= 11 is 2.00. The van der Waals surface area contributed by atoms with Gasteiger partial charge in [0.15, 0.2) is 0 Å². The Morgan fingerprint density at radius 3 is 2.64 bits per heavy atom. The average molecular weight is 391 g/mol. The van der Waals surface area contributed by atoms with E-state index < -0.39 is 27.4 Å². The molecular weight excluding hydrogens is 366 g/mol. The minimum Gasteiger partial charge on any atom is -0.300 e. The zero-order chi connectivity index (χ0) is 17.9. The number of sulfonamides is 1. The molecule has 25 heavy (non-hydrogen) atoms. The molecule has 2 heterocycles. The predicted octanol–water partition coefficient (Wildman–Crippen LogP) is 2.60. The van der Waals surface area contributed by atoms with E-state index >= 15 is 0 Å². The molecule has 140 valence electrons. The number of halogens is 2. The first-order valence-corrected chi connectivity index (χ1v) is 11.5. The molecule has 2 aliphatic heterocycles. The Bertz CT molecular complexity index is 686. The number of benzene rings is 1.